The van der Waals surface area contributed by atoms with Crippen molar-refractivity contribution in [2.45, 2.75) is 32.7 Å². The van der Waals surface area contributed by atoms with Gasteiger partial charge in [-0.1, -0.05) is 23.8 Å². The molecule has 1 aromatic carbocycles. The van der Waals surface area contributed by atoms with Crippen LogP contribution in [-0.4, -0.2) is 18.2 Å². The molecule has 1 aromatic rings. The first-order valence-electron chi connectivity index (χ1n) is 7.09. The van der Waals surface area contributed by atoms with Crippen LogP contribution in [0.15, 0.2) is 42.1 Å². The van der Waals surface area contributed by atoms with Crippen LogP contribution in [0.1, 0.15) is 32.3 Å². The second-order valence-electron chi connectivity index (χ2n) is 5.23. The second-order valence-corrected chi connectivity index (χ2v) is 5.23. The predicted octanol–water partition coefficient (Wildman–Crippen LogP) is 2.88. The molecule has 0 saturated heterocycles. The third kappa shape index (κ3) is 3.81. The zero-order chi connectivity index (χ0) is 15.2. The maximum Gasteiger partial charge on any atom is 0.256 e. The Morgan fingerprint density at radius 1 is 1.38 bits per heavy atom. The Labute approximate surface area is 124 Å². The zero-order valence-corrected chi connectivity index (χ0v) is 12.3. The van der Waals surface area contributed by atoms with Gasteiger partial charge in [0.2, 0.25) is 0 Å². The van der Waals surface area contributed by atoms with Crippen LogP contribution in [0.5, 0.6) is 0 Å². The maximum atomic E-state index is 12.0. The molecule has 1 amide bonds. The fraction of sp³-hybridized carbons (Fsp3) is 0.294. The Balaban J connectivity index is 2.06. The lowest BCUT2D eigenvalue weighted by Crippen LogP contribution is -2.19. The van der Waals surface area contributed by atoms with Crippen LogP contribution in [0.25, 0.3) is 5.57 Å². The molecule has 21 heavy (non-hydrogen) atoms. The fourth-order valence-electron chi connectivity index (χ4n) is 2.23. The largest absolute Gasteiger partial charge is 0.385 e. The second kappa shape index (κ2) is 6.88. The van der Waals surface area contributed by atoms with E-state index in [1.165, 1.54) is 0 Å². The van der Waals surface area contributed by atoms with Gasteiger partial charge in [-0.2, -0.15) is 0 Å². The number of aldehydes is 1. The molecule has 1 aliphatic rings. The molecule has 110 valence electrons. The number of carbonyl (C=O) groups excluding carboxylic acids is 2. The molecule has 1 atom stereocenters. The molecule has 1 heterocycles. The summed E-state index contributed by atoms with van der Waals surface area (Å²) in [6.45, 7) is 3.97. The number of anilines is 1. The van der Waals surface area contributed by atoms with E-state index < -0.39 is 0 Å². The standard InChI is InChI=1S/C17H20N2O2/c1-12(6-5-9-20)11-18-13(2)10-15-14-7-3-4-8-16(14)19-17(15)21/h3-4,7-11,13,18H,5-6H2,1-2H3,(H,19,21)/b12-11+,15-10-. The highest BCUT2D eigenvalue weighted by atomic mass is 16.2. The highest BCUT2D eigenvalue weighted by molar-refractivity contribution is 6.31. The molecule has 0 aliphatic carbocycles. The van der Waals surface area contributed by atoms with E-state index in [0.717, 1.165) is 29.5 Å². The van der Waals surface area contributed by atoms with Crippen LogP contribution in [0.4, 0.5) is 5.69 Å². The van der Waals surface area contributed by atoms with Gasteiger partial charge in [0, 0.05) is 29.3 Å². The van der Waals surface area contributed by atoms with Crippen molar-refractivity contribution in [2.24, 2.45) is 0 Å². The first kappa shape index (κ1) is 15.0. The average Bonchev–Trinajstić information content (AvgIpc) is 2.79. The van der Waals surface area contributed by atoms with Gasteiger partial charge < -0.3 is 15.4 Å². The molecular formula is C17H20N2O2. The molecule has 0 radical (unpaired) electrons. The quantitative estimate of drug-likeness (QED) is 0.624. The van der Waals surface area contributed by atoms with E-state index in [4.69, 9.17) is 0 Å². The van der Waals surface area contributed by atoms with Crippen molar-refractivity contribution in [3.8, 4) is 0 Å². The number of hydrogen-bond donors (Lipinski definition) is 2. The summed E-state index contributed by atoms with van der Waals surface area (Å²) in [4.78, 5) is 22.3. The number of nitrogens with one attached hydrogen (secondary N) is 2. The van der Waals surface area contributed by atoms with Crippen LogP contribution < -0.4 is 10.6 Å². The van der Waals surface area contributed by atoms with Crippen molar-refractivity contribution in [2.75, 3.05) is 5.32 Å². The summed E-state index contributed by atoms with van der Waals surface area (Å²) >= 11 is 0. The van der Waals surface area contributed by atoms with E-state index in [1.807, 2.05) is 50.4 Å². The molecule has 0 fully saturated rings. The number of amides is 1. The van der Waals surface area contributed by atoms with Crippen molar-refractivity contribution in [3.05, 3.63) is 47.7 Å². The highest BCUT2D eigenvalue weighted by Gasteiger charge is 2.23. The Morgan fingerprint density at radius 3 is 2.90 bits per heavy atom. The molecule has 0 bridgehead atoms. The van der Waals surface area contributed by atoms with E-state index in [0.29, 0.717) is 12.0 Å². The topological polar surface area (TPSA) is 58.2 Å². The van der Waals surface area contributed by atoms with Gasteiger partial charge in [0.1, 0.15) is 6.29 Å². The number of benzene rings is 1. The third-order valence-electron chi connectivity index (χ3n) is 3.38. The number of fused-ring (bicyclic) bond motifs is 1. The van der Waals surface area contributed by atoms with Gasteiger partial charge in [-0.15, -0.1) is 0 Å². The van der Waals surface area contributed by atoms with E-state index in [9.17, 15) is 9.59 Å². The minimum atomic E-state index is -0.0634. The maximum absolute atomic E-state index is 12.0. The molecule has 4 nitrogen and oxygen atoms in total. The molecular weight excluding hydrogens is 264 g/mol. The minimum Gasteiger partial charge on any atom is -0.385 e. The summed E-state index contributed by atoms with van der Waals surface area (Å²) in [7, 11) is 0. The van der Waals surface area contributed by atoms with E-state index in [1.54, 1.807) is 0 Å². The van der Waals surface area contributed by atoms with E-state index >= 15 is 0 Å². The van der Waals surface area contributed by atoms with Crippen molar-refractivity contribution in [1.29, 1.82) is 0 Å². The monoisotopic (exact) mass is 284 g/mol. The third-order valence-corrected chi connectivity index (χ3v) is 3.38. The van der Waals surface area contributed by atoms with Gasteiger partial charge in [0.25, 0.3) is 5.91 Å². The summed E-state index contributed by atoms with van der Waals surface area (Å²) in [5, 5.41) is 6.09. The summed E-state index contributed by atoms with van der Waals surface area (Å²) in [5.41, 5.74) is 3.62. The van der Waals surface area contributed by atoms with Gasteiger partial charge >= 0.3 is 0 Å². The van der Waals surface area contributed by atoms with Gasteiger partial charge in [-0.05, 0) is 38.6 Å². The molecule has 0 saturated carbocycles. The number of carbonyl (C=O) groups is 2. The summed E-state index contributed by atoms with van der Waals surface area (Å²) in [6.07, 6.45) is 6.04. The van der Waals surface area contributed by atoms with Crippen LogP contribution in [0, 0.1) is 0 Å². The van der Waals surface area contributed by atoms with Gasteiger partial charge in [-0.3, -0.25) is 4.79 Å². The molecule has 2 rings (SSSR count). The summed E-state index contributed by atoms with van der Waals surface area (Å²) in [6, 6.07) is 7.70. The molecule has 1 unspecified atom stereocenters. The Kier molecular flexibility index (Phi) is 4.93. The SMILES string of the molecule is C/C(=C\NC(C)/C=C1\C(=O)Nc2ccccc21)CCC=O. The molecule has 1 aliphatic heterocycles. The number of allylic oxidation sites excluding steroid dienone is 1. The average molecular weight is 284 g/mol. The summed E-state index contributed by atoms with van der Waals surface area (Å²) < 4.78 is 0. The normalized spacial score (nSPS) is 17.3. The lowest BCUT2D eigenvalue weighted by Gasteiger charge is -2.09. The number of hydrogen-bond acceptors (Lipinski definition) is 3. The number of para-hydroxylation sites is 1. The zero-order valence-electron chi connectivity index (χ0n) is 12.3. The summed E-state index contributed by atoms with van der Waals surface area (Å²) in [5.74, 6) is -0.0634. The van der Waals surface area contributed by atoms with Crippen molar-refractivity contribution < 1.29 is 9.59 Å². The smallest absolute Gasteiger partial charge is 0.256 e. The number of rotatable bonds is 6. The van der Waals surface area contributed by atoms with Crippen molar-refractivity contribution >= 4 is 23.5 Å². The van der Waals surface area contributed by atoms with Crippen molar-refractivity contribution in [3.63, 3.8) is 0 Å². The van der Waals surface area contributed by atoms with E-state index in [2.05, 4.69) is 10.6 Å². The van der Waals surface area contributed by atoms with Crippen LogP contribution in [-0.2, 0) is 9.59 Å². The molecule has 4 heteroatoms. The Morgan fingerprint density at radius 2 is 2.14 bits per heavy atom. The minimum absolute atomic E-state index is 0.0306. The lowest BCUT2D eigenvalue weighted by atomic mass is 10.1. The van der Waals surface area contributed by atoms with Crippen LogP contribution >= 0.6 is 0 Å². The van der Waals surface area contributed by atoms with Gasteiger partial charge in [-0.25, -0.2) is 0 Å². The molecule has 0 aromatic heterocycles. The molecule has 2 N–H and O–H groups in total. The first-order chi connectivity index (χ1) is 10.1. The lowest BCUT2D eigenvalue weighted by molar-refractivity contribution is -0.111. The first-order valence-corrected chi connectivity index (χ1v) is 7.09. The van der Waals surface area contributed by atoms with Crippen LogP contribution in [0.3, 0.4) is 0 Å². The fourth-order valence-corrected chi connectivity index (χ4v) is 2.23. The Bertz CT molecular complexity index is 603. The van der Waals surface area contributed by atoms with Crippen molar-refractivity contribution in [1.82, 2.24) is 5.32 Å². The van der Waals surface area contributed by atoms with Gasteiger partial charge in [0.05, 0.1) is 0 Å². The highest BCUT2D eigenvalue weighted by Crippen LogP contribution is 2.31. The van der Waals surface area contributed by atoms with Crippen LogP contribution in [0.2, 0.25) is 0 Å². The Hall–Kier alpha value is -2.36. The predicted molar refractivity (Wildman–Crippen MR) is 84.7 cm³/mol. The molecule has 0 spiro atoms. The van der Waals surface area contributed by atoms with E-state index in [-0.39, 0.29) is 11.9 Å². The van der Waals surface area contributed by atoms with Gasteiger partial charge in [0.15, 0.2) is 0 Å².